The summed E-state index contributed by atoms with van der Waals surface area (Å²) in [6.07, 6.45) is 3.20. The smallest absolute Gasteiger partial charge is 0.341 e. The van der Waals surface area contributed by atoms with Gasteiger partial charge in [0.2, 0.25) is 0 Å². The van der Waals surface area contributed by atoms with Gasteiger partial charge in [-0.2, -0.15) is 0 Å². The summed E-state index contributed by atoms with van der Waals surface area (Å²) in [5, 5.41) is 0. The van der Waals surface area contributed by atoms with E-state index in [1.54, 1.807) is 6.20 Å². The number of aryl methyl sites for hydroxylation is 2. The van der Waals surface area contributed by atoms with E-state index >= 15 is 0 Å². The van der Waals surface area contributed by atoms with Crippen molar-refractivity contribution in [3.8, 4) is 5.69 Å². The Kier molecular flexibility index (Phi) is 2.95. The average Bonchev–Trinajstić information content (AvgIpc) is 2.68. The molecule has 17 heavy (non-hydrogen) atoms. The first-order valence-corrected chi connectivity index (χ1v) is 5.33. The normalized spacial score (nSPS) is 10.3. The van der Waals surface area contributed by atoms with Crippen LogP contribution in [-0.2, 0) is 4.74 Å². The van der Waals surface area contributed by atoms with E-state index in [0.717, 1.165) is 17.1 Å². The molecule has 0 aliphatic heterocycles. The lowest BCUT2D eigenvalue weighted by Gasteiger charge is -2.12. The molecule has 0 saturated carbocycles. The summed E-state index contributed by atoms with van der Waals surface area (Å²) in [4.78, 5) is 15.6. The van der Waals surface area contributed by atoms with Crippen molar-refractivity contribution in [3.63, 3.8) is 0 Å². The highest BCUT2D eigenvalue weighted by Crippen LogP contribution is 2.19. The number of hydrogen-bond donors (Lipinski definition) is 0. The molecular weight excluding hydrogens is 216 g/mol. The molecule has 2 rings (SSSR count). The molecule has 0 fully saturated rings. The Balaban J connectivity index is 2.64. The number of esters is 1. The number of ether oxygens (including phenoxy) is 1. The summed E-state index contributed by atoms with van der Waals surface area (Å²) in [5.41, 5.74) is 3.40. The molecular formula is C13H14N2O2. The van der Waals surface area contributed by atoms with E-state index in [1.807, 2.05) is 36.6 Å². The maximum absolute atomic E-state index is 11.7. The molecule has 0 bridgehead atoms. The van der Waals surface area contributed by atoms with Gasteiger partial charge in [-0.25, -0.2) is 4.79 Å². The van der Waals surface area contributed by atoms with E-state index < -0.39 is 0 Å². The van der Waals surface area contributed by atoms with Crippen LogP contribution in [0.2, 0.25) is 0 Å². The molecule has 0 N–H and O–H groups in total. The minimum atomic E-state index is -0.374. The Hall–Kier alpha value is -2.10. The first-order chi connectivity index (χ1) is 8.15. The van der Waals surface area contributed by atoms with Gasteiger partial charge < -0.3 is 9.30 Å². The molecule has 0 unspecified atom stereocenters. The quantitative estimate of drug-likeness (QED) is 0.743. The second-order valence-corrected chi connectivity index (χ2v) is 3.84. The number of carbonyl (C=O) groups is 1. The third-order valence-electron chi connectivity index (χ3n) is 2.72. The third-order valence-corrected chi connectivity index (χ3v) is 2.72. The fraction of sp³-hybridized carbons (Fsp3) is 0.231. The third kappa shape index (κ3) is 1.93. The molecule has 0 aliphatic rings. The van der Waals surface area contributed by atoms with Crippen molar-refractivity contribution in [2.45, 2.75) is 13.8 Å². The van der Waals surface area contributed by atoms with Crippen LogP contribution in [0, 0.1) is 13.8 Å². The van der Waals surface area contributed by atoms with Crippen molar-refractivity contribution in [2.24, 2.45) is 0 Å². The van der Waals surface area contributed by atoms with Gasteiger partial charge in [0.05, 0.1) is 12.8 Å². The van der Waals surface area contributed by atoms with Crippen molar-refractivity contribution in [2.75, 3.05) is 7.11 Å². The summed E-state index contributed by atoms with van der Waals surface area (Å²) in [6, 6.07) is 5.83. The van der Waals surface area contributed by atoms with E-state index in [1.165, 1.54) is 13.3 Å². The molecule has 4 heteroatoms. The van der Waals surface area contributed by atoms with Crippen LogP contribution in [0.15, 0.2) is 30.6 Å². The van der Waals surface area contributed by atoms with Crippen molar-refractivity contribution in [1.29, 1.82) is 0 Å². The summed E-state index contributed by atoms with van der Waals surface area (Å²) < 4.78 is 6.77. The zero-order valence-electron chi connectivity index (χ0n) is 10.1. The summed E-state index contributed by atoms with van der Waals surface area (Å²) in [5.74, 6) is -0.374. The zero-order valence-corrected chi connectivity index (χ0v) is 10.1. The summed E-state index contributed by atoms with van der Waals surface area (Å²) in [6.45, 7) is 3.99. The molecule has 0 saturated heterocycles. The molecule has 4 nitrogen and oxygen atoms in total. The number of carbonyl (C=O) groups excluding carboxylic acids is 1. The molecule has 0 atom stereocenters. The van der Waals surface area contributed by atoms with Gasteiger partial charge in [0.25, 0.3) is 0 Å². The highest BCUT2D eigenvalue weighted by Gasteiger charge is 2.15. The zero-order chi connectivity index (χ0) is 12.4. The number of rotatable bonds is 2. The average molecular weight is 230 g/mol. The minimum Gasteiger partial charge on any atom is -0.465 e. The van der Waals surface area contributed by atoms with Gasteiger partial charge in [-0.3, -0.25) is 4.98 Å². The largest absolute Gasteiger partial charge is 0.465 e. The highest BCUT2D eigenvalue weighted by atomic mass is 16.5. The number of methoxy groups -OCH3 is 1. The fourth-order valence-electron chi connectivity index (χ4n) is 1.90. The topological polar surface area (TPSA) is 44.1 Å². The predicted octanol–water partition coefficient (Wildman–Crippen LogP) is 2.28. The maximum Gasteiger partial charge on any atom is 0.341 e. The van der Waals surface area contributed by atoms with Gasteiger partial charge in [0.15, 0.2) is 0 Å². The van der Waals surface area contributed by atoms with Gasteiger partial charge >= 0.3 is 5.97 Å². The Morgan fingerprint density at radius 2 is 1.88 bits per heavy atom. The molecule has 0 aliphatic carbocycles. The minimum absolute atomic E-state index is 0.374. The second-order valence-electron chi connectivity index (χ2n) is 3.84. The van der Waals surface area contributed by atoms with Gasteiger partial charge in [0, 0.05) is 23.8 Å². The van der Waals surface area contributed by atoms with E-state index in [0.29, 0.717) is 5.56 Å². The highest BCUT2D eigenvalue weighted by molar-refractivity contribution is 5.93. The van der Waals surface area contributed by atoms with Crippen LogP contribution in [0.3, 0.4) is 0 Å². The van der Waals surface area contributed by atoms with Gasteiger partial charge in [0.1, 0.15) is 5.56 Å². The van der Waals surface area contributed by atoms with Crippen molar-refractivity contribution < 1.29 is 9.53 Å². The summed E-state index contributed by atoms with van der Waals surface area (Å²) in [7, 11) is 1.37. The summed E-state index contributed by atoms with van der Waals surface area (Å²) >= 11 is 0. The number of pyridine rings is 1. The van der Waals surface area contributed by atoms with Crippen molar-refractivity contribution in [3.05, 3.63) is 47.5 Å². The van der Waals surface area contributed by atoms with E-state index in [-0.39, 0.29) is 5.97 Å². The number of aromatic nitrogens is 2. The van der Waals surface area contributed by atoms with Crippen LogP contribution in [0.25, 0.3) is 5.69 Å². The first-order valence-electron chi connectivity index (χ1n) is 5.33. The van der Waals surface area contributed by atoms with Gasteiger partial charge in [-0.15, -0.1) is 0 Å². The van der Waals surface area contributed by atoms with Crippen LogP contribution >= 0.6 is 0 Å². The van der Waals surface area contributed by atoms with E-state index in [4.69, 9.17) is 4.74 Å². The fourth-order valence-corrected chi connectivity index (χ4v) is 1.90. The van der Waals surface area contributed by atoms with Gasteiger partial charge in [-0.1, -0.05) is 0 Å². The maximum atomic E-state index is 11.7. The van der Waals surface area contributed by atoms with Crippen molar-refractivity contribution in [1.82, 2.24) is 9.55 Å². The monoisotopic (exact) mass is 230 g/mol. The van der Waals surface area contributed by atoms with Crippen molar-refractivity contribution >= 4 is 5.97 Å². The van der Waals surface area contributed by atoms with Crippen LogP contribution in [0.4, 0.5) is 0 Å². The number of hydrogen-bond acceptors (Lipinski definition) is 3. The van der Waals surface area contributed by atoms with Crippen LogP contribution < -0.4 is 0 Å². The molecule has 2 aromatic rings. The molecule has 2 heterocycles. The number of nitrogens with zero attached hydrogens (tertiary/aromatic N) is 2. The molecule has 0 radical (unpaired) electrons. The molecule has 88 valence electrons. The lowest BCUT2D eigenvalue weighted by atomic mass is 10.2. The van der Waals surface area contributed by atoms with Crippen LogP contribution in [0.1, 0.15) is 21.7 Å². The second kappa shape index (κ2) is 4.41. The molecule has 0 spiro atoms. The SMILES string of the molecule is COC(=O)c1cnccc1-n1c(C)ccc1C. The van der Waals surface area contributed by atoms with E-state index in [9.17, 15) is 4.79 Å². The van der Waals surface area contributed by atoms with E-state index in [2.05, 4.69) is 4.98 Å². The standard InChI is InChI=1S/C13H14N2O2/c1-9-4-5-10(2)15(9)12-6-7-14-8-11(12)13(16)17-3/h4-8H,1-3H3. The molecule has 0 aromatic carbocycles. The molecule has 2 aromatic heterocycles. The van der Waals surface area contributed by atoms with Crippen LogP contribution in [-0.4, -0.2) is 22.6 Å². The lowest BCUT2D eigenvalue weighted by Crippen LogP contribution is -2.10. The molecule has 0 amide bonds. The predicted molar refractivity (Wildman–Crippen MR) is 64.4 cm³/mol. The van der Waals surface area contributed by atoms with Gasteiger partial charge in [-0.05, 0) is 32.0 Å². The Bertz CT molecular complexity index is 539. The van der Waals surface area contributed by atoms with Crippen LogP contribution in [0.5, 0.6) is 0 Å². The Labute approximate surface area is 99.9 Å². The Morgan fingerprint density at radius 1 is 1.24 bits per heavy atom. The Morgan fingerprint density at radius 3 is 2.47 bits per heavy atom. The lowest BCUT2D eigenvalue weighted by molar-refractivity contribution is 0.0600. The first kappa shape index (κ1) is 11.4.